The van der Waals surface area contributed by atoms with Gasteiger partial charge < -0.3 is 0 Å². The van der Waals surface area contributed by atoms with Gasteiger partial charge in [-0.05, 0) is 36.6 Å². The van der Waals surface area contributed by atoms with Crippen molar-refractivity contribution in [1.82, 2.24) is 4.98 Å². The zero-order valence-corrected chi connectivity index (χ0v) is 12.2. The van der Waals surface area contributed by atoms with E-state index in [0.717, 1.165) is 41.4 Å². The first kappa shape index (κ1) is 13.3. The van der Waals surface area contributed by atoms with E-state index in [9.17, 15) is 4.79 Å². The summed E-state index contributed by atoms with van der Waals surface area (Å²) in [7, 11) is 0. The summed E-state index contributed by atoms with van der Waals surface area (Å²) in [5.74, 6) is -0.0199. The van der Waals surface area contributed by atoms with Crippen LogP contribution < -0.4 is 0 Å². The highest BCUT2D eigenvalue weighted by Crippen LogP contribution is 2.31. The van der Waals surface area contributed by atoms with Crippen LogP contribution in [0.1, 0.15) is 42.2 Å². The first-order valence-electron chi connectivity index (χ1n) is 6.99. The number of alkyl halides is 1. The Morgan fingerprint density at radius 1 is 1.30 bits per heavy atom. The lowest BCUT2D eigenvalue weighted by Gasteiger charge is -2.20. The molecule has 0 saturated carbocycles. The summed E-state index contributed by atoms with van der Waals surface area (Å²) < 4.78 is 0. The minimum Gasteiger partial charge on any atom is -0.292 e. The summed E-state index contributed by atoms with van der Waals surface area (Å²) in [4.78, 5) is 17.0. The van der Waals surface area contributed by atoms with Gasteiger partial charge in [-0.25, -0.2) is 4.98 Å². The van der Waals surface area contributed by atoms with Gasteiger partial charge >= 0.3 is 0 Å². The molecule has 1 atom stereocenters. The number of hydrogen-bond donors (Lipinski definition) is 0. The smallest absolute Gasteiger partial charge is 0.186 e. The van der Waals surface area contributed by atoms with Gasteiger partial charge in [-0.3, -0.25) is 4.79 Å². The average molecular weight is 286 g/mol. The van der Waals surface area contributed by atoms with Crippen LogP contribution in [0.2, 0.25) is 0 Å². The zero-order valence-electron chi connectivity index (χ0n) is 11.4. The Hall–Kier alpha value is -1.67. The third-order valence-electron chi connectivity index (χ3n) is 3.72. The maximum atomic E-state index is 12.4. The van der Waals surface area contributed by atoms with Gasteiger partial charge in [0.2, 0.25) is 0 Å². The van der Waals surface area contributed by atoms with E-state index in [1.165, 1.54) is 0 Å². The van der Waals surface area contributed by atoms with E-state index < -0.39 is 5.38 Å². The Morgan fingerprint density at radius 3 is 2.90 bits per heavy atom. The maximum absolute atomic E-state index is 12.4. The molecule has 1 heterocycles. The number of carbonyl (C=O) groups is 1. The number of para-hydroxylation sites is 1. The fraction of sp³-hybridized carbons (Fsp3) is 0.294. The van der Waals surface area contributed by atoms with Crippen LogP contribution in [0.3, 0.4) is 0 Å². The number of carbonyl (C=O) groups excluding carboxylic acids is 1. The highest BCUT2D eigenvalue weighted by atomic mass is 35.5. The standard InChI is InChI=1S/C17H16ClNO/c1-2-3-6-12-10-15-13(17(20)16(12)18)9-11-7-4-5-8-14(11)19-15/h4-5,7-10,16H,2-3,6H2,1H3. The largest absolute Gasteiger partial charge is 0.292 e. The van der Waals surface area contributed by atoms with Gasteiger partial charge in [0.05, 0.1) is 11.2 Å². The second-order valence-corrected chi connectivity index (χ2v) is 5.60. The van der Waals surface area contributed by atoms with Crippen LogP contribution in [-0.4, -0.2) is 16.1 Å². The molecule has 0 radical (unpaired) electrons. The molecule has 20 heavy (non-hydrogen) atoms. The SMILES string of the molecule is CCCCC1=Cc2nc3ccccc3cc2C(=O)C1Cl. The van der Waals surface area contributed by atoms with Crippen LogP contribution in [0.15, 0.2) is 35.9 Å². The number of aromatic nitrogens is 1. The highest BCUT2D eigenvalue weighted by Gasteiger charge is 2.28. The first-order valence-corrected chi connectivity index (χ1v) is 7.43. The molecule has 3 rings (SSSR count). The summed E-state index contributed by atoms with van der Waals surface area (Å²) in [5, 5.41) is 0.450. The number of nitrogens with zero attached hydrogens (tertiary/aromatic N) is 1. The monoisotopic (exact) mass is 285 g/mol. The molecule has 1 aromatic carbocycles. The lowest BCUT2D eigenvalue weighted by Crippen LogP contribution is -2.23. The molecule has 0 spiro atoms. The van der Waals surface area contributed by atoms with Crippen molar-refractivity contribution in [2.75, 3.05) is 0 Å². The summed E-state index contributed by atoms with van der Waals surface area (Å²) >= 11 is 6.30. The lowest BCUT2D eigenvalue weighted by molar-refractivity contribution is 0.0993. The summed E-state index contributed by atoms with van der Waals surface area (Å²) in [6, 6.07) is 9.74. The van der Waals surface area contributed by atoms with Gasteiger partial charge in [0.15, 0.2) is 5.78 Å². The minimum absolute atomic E-state index is 0.0199. The Kier molecular flexibility index (Phi) is 3.58. The number of benzene rings is 1. The second-order valence-electron chi connectivity index (χ2n) is 5.16. The maximum Gasteiger partial charge on any atom is 0.186 e. The summed E-state index contributed by atoms with van der Waals surface area (Å²) in [6.07, 6.45) is 5.00. The van der Waals surface area contributed by atoms with Crippen molar-refractivity contribution in [3.63, 3.8) is 0 Å². The molecule has 3 heteroatoms. The van der Waals surface area contributed by atoms with Crippen molar-refractivity contribution in [2.45, 2.75) is 31.6 Å². The molecule has 0 aliphatic heterocycles. The number of halogens is 1. The fourth-order valence-electron chi connectivity index (χ4n) is 2.57. The fourth-order valence-corrected chi connectivity index (χ4v) is 2.86. The molecule has 0 saturated heterocycles. The van der Waals surface area contributed by atoms with Gasteiger partial charge in [-0.15, -0.1) is 11.6 Å². The average Bonchev–Trinajstić information content (AvgIpc) is 2.48. The quantitative estimate of drug-likeness (QED) is 0.771. The Morgan fingerprint density at radius 2 is 2.10 bits per heavy atom. The van der Waals surface area contributed by atoms with Crippen molar-refractivity contribution < 1.29 is 4.79 Å². The van der Waals surface area contributed by atoms with Crippen LogP contribution in [0, 0.1) is 0 Å². The van der Waals surface area contributed by atoms with Crippen molar-refractivity contribution in [1.29, 1.82) is 0 Å². The molecule has 1 aromatic heterocycles. The molecule has 1 aliphatic carbocycles. The van der Waals surface area contributed by atoms with Crippen molar-refractivity contribution in [3.8, 4) is 0 Å². The van der Waals surface area contributed by atoms with Crippen LogP contribution in [0.4, 0.5) is 0 Å². The Bertz CT molecular complexity index is 705. The molecule has 0 fully saturated rings. The van der Waals surface area contributed by atoms with E-state index in [0.29, 0.717) is 5.56 Å². The van der Waals surface area contributed by atoms with Gasteiger partial charge in [0, 0.05) is 10.9 Å². The predicted octanol–water partition coefficient (Wildman–Crippen LogP) is 4.61. The van der Waals surface area contributed by atoms with E-state index in [1.54, 1.807) is 0 Å². The summed E-state index contributed by atoms with van der Waals surface area (Å²) in [5.41, 5.74) is 3.31. The number of unbranched alkanes of at least 4 members (excludes halogenated alkanes) is 1. The van der Waals surface area contributed by atoms with E-state index in [1.807, 2.05) is 36.4 Å². The Balaban J connectivity index is 2.12. The van der Waals surface area contributed by atoms with E-state index >= 15 is 0 Å². The van der Waals surface area contributed by atoms with Crippen molar-refractivity contribution in [2.24, 2.45) is 0 Å². The van der Waals surface area contributed by atoms with Crippen molar-refractivity contribution >= 4 is 34.4 Å². The van der Waals surface area contributed by atoms with Crippen LogP contribution >= 0.6 is 11.6 Å². The lowest BCUT2D eigenvalue weighted by atomic mass is 9.90. The van der Waals surface area contributed by atoms with Crippen LogP contribution in [0.25, 0.3) is 17.0 Å². The Labute approximate surface area is 123 Å². The van der Waals surface area contributed by atoms with E-state index in [-0.39, 0.29) is 5.78 Å². The van der Waals surface area contributed by atoms with Crippen LogP contribution in [0.5, 0.6) is 0 Å². The number of allylic oxidation sites excluding steroid dienone is 1. The summed E-state index contributed by atoms with van der Waals surface area (Å²) in [6.45, 7) is 2.13. The van der Waals surface area contributed by atoms with Gasteiger partial charge in [-0.2, -0.15) is 0 Å². The molecule has 0 N–H and O–H groups in total. The molecular weight excluding hydrogens is 270 g/mol. The number of pyridine rings is 1. The van der Waals surface area contributed by atoms with Crippen LogP contribution in [-0.2, 0) is 0 Å². The molecule has 0 bridgehead atoms. The molecule has 2 aromatic rings. The number of rotatable bonds is 3. The van der Waals surface area contributed by atoms with Gasteiger partial charge in [-0.1, -0.05) is 31.5 Å². The molecule has 0 amide bonds. The van der Waals surface area contributed by atoms with Gasteiger partial charge in [0.25, 0.3) is 0 Å². The predicted molar refractivity (Wildman–Crippen MR) is 83.2 cm³/mol. The third-order valence-corrected chi connectivity index (χ3v) is 4.19. The molecule has 1 unspecified atom stereocenters. The van der Waals surface area contributed by atoms with E-state index in [4.69, 9.17) is 11.6 Å². The topological polar surface area (TPSA) is 30.0 Å². The first-order chi connectivity index (χ1) is 9.70. The number of fused-ring (bicyclic) bond motifs is 2. The third kappa shape index (κ3) is 2.25. The number of ketones is 1. The molecule has 1 aliphatic rings. The van der Waals surface area contributed by atoms with E-state index in [2.05, 4.69) is 11.9 Å². The number of hydrogen-bond acceptors (Lipinski definition) is 2. The van der Waals surface area contributed by atoms with Gasteiger partial charge in [0.1, 0.15) is 5.38 Å². The normalized spacial score (nSPS) is 18.0. The van der Waals surface area contributed by atoms with Crippen molar-refractivity contribution in [3.05, 3.63) is 47.2 Å². The molecule has 102 valence electrons. The second kappa shape index (κ2) is 5.37. The molecular formula is C17H16ClNO. The molecule has 2 nitrogen and oxygen atoms in total. The highest BCUT2D eigenvalue weighted by molar-refractivity contribution is 6.37. The zero-order chi connectivity index (χ0) is 14.1. The minimum atomic E-state index is -0.531. The number of Topliss-reactive ketones (excluding diaryl/α,β-unsaturated/α-hetero) is 1.